The summed E-state index contributed by atoms with van der Waals surface area (Å²) in [5, 5.41) is 0. The van der Waals surface area contributed by atoms with E-state index >= 15 is 0 Å². The van der Waals surface area contributed by atoms with Crippen LogP contribution in [0.25, 0.3) is 0 Å². The van der Waals surface area contributed by atoms with Gasteiger partial charge in [-0.1, -0.05) is 32.4 Å². The lowest BCUT2D eigenvalue weighted by atomic mass is 10.0. The second kappa shape index (κ2) is 9.72. The van der Waals surface area contributed by atoms with Gasteiger partial charge in [0.1, 0.15) is 6.61 Å². The van der Waals surface area contributed by atoms with Crippen molar-refractivity contribution in [3.8, 4) is 5.75 Å². The molecule has 0 radical (unpaired) electrons. The number of ether oxygens (including phenoxy) is 2. The van der Waals surface area contributed by atoms with Crippen LogP contribution >= 0.6 is 0 Å². The van der Waals surface area contributed by atoms with Crippen LogP contribution in [0.15, 0.2) is 18.2 Å². The van der Waals surface area contributed by atoms with Crippen LogP contribution in [0.1, 0.15) is 38.7 Å². The molecular weight excluding hydrogens is 257 g/mol. The van der Waals surface area contributed by atoms with Crippen LogP contribution in [0.2, 0.25) is 0 Å². The summed E-state index contributed by atoms with van der Waals surface area (Å²) in [6.07, 6.45) is 3.62. The van der Waals surface area contributed by atoms with Crippen molar-refractivity contribution in [2.24, 2.45) is 5.73 Å². The van der Waals surface area contributed by atoms with Crippen molar-refractivity contribution in [2.75, 3.05) is 19.8 Å². The lowest BCUT2D eigenvalue weighted by molar-refractivity contribution is 0.0963. The molecule has 2 N–H and O–H groups in total. The lowest BCUT2D eigenvalue weighted by Crippen LogP contribution is -2.22. The summed E-state index contributed by atoms with van der Waals surface area (Å²) in [5.41, 5.74) is 6.76. The van der Waals surface area contributed by atoms with Crippen molar-refractivity contribution in [1.29, 1.82) is 0 Å². The predicted molar refractivity (Wildman–Crippen MR) is 79.6 cm³/mol. The molecule has 0 saturated carbocycles. The molecule has 0 amide bonds. The van der Waals surface area contributed by atoms with E-state index in [1.54, 1.807) is 6.07 Å². The normalized spacial score (nSPS) is 12.4. The second-order valence-electron chi connectivity index (χ2n) is 4.91. The first kappa shape index (κ1) is 16.9. The summed E-state index contributed by atoms with van der Waals surface area (Å²) < 4.78 is 24.8. The summed E-state index contributed by atoms with van der Waals surface area (Å²) in [7, 11) is 0. The average Bonchev–Trinajstić information content (AvgIpc) is 2.45. The first-order valence-corrected chi connectivity index (χ1v) is 7.42. The van der Waals surface area contributed by atoms with Gasteiger partial charge in [-0.3, -0.25) is 0 Å². The van der Waals surface area contributed by atoms with E-state index < -0.39 is 0 Å². The Morgan fingerprint density at radius 2 is 2.00 bits per heavy atom. The van der Waals surface area contributed by atoms with Gasteiger partial charge in [-0.05, 0) is 30.9 Å². The highest BCUT2D eigenvalue weighted by Crippen LogP contribution is 2.24. The number of nitrogens with two attached hydrogens (primary N) is 1. The first-order chi connectivity index (χ1) is 9.69. The Morgan fingerprint density at radius 3 is 2.70 bits per heavy atom. The highest BCUT2D eigenvalue weighted by molar-refractivity contribution is 5.35. The molecule has 3 nitrogen and oxygen atoms in total. The largest absolute Gasteiger partial charge is 0.488 e. The topological polar surface area (TPSA) is 44.5 Å². The Hall–Kier alpha value is -1.13. The fourth-order valence-corrected chi connectivity index (χ4v) is 1.85. The first-order valence-electron chi connectivity index (χ1n) is 7.42. The number of hydrogen-bond donors (Lipinski definition) is 1. The van der Waals surface area contributed by atoms with Crippen LogP contribution in [-0.4, -0.2) is 25.9 Å². The minimum absolute atomic E-state index is 0.0277. The van der Waals surface area contributed by atoms with Crippen molar-refractivity contribution in [3.63, 3.8) is 0 Å². The standard InChI is InChI=1S/C16H26FNO2/c1-3-5-9-19-10-11-20-16-13(12-14(18)4-2)7-6-8-15(16)17/h6-8,14H,3-5,9-12,18H2,1-2H3. The second-order valence-corrected chi connectivity index (χ2v) is 4.91. The molecule has 0 aliphatic heterocycles. The molecular formula is C16H26FNO2. The van der Waals surface area contributed by atoms with Gasteiger partial charge in [0.2, 0.25) is 0 Å². The van der Waals surface area contributed by atoms with E-state index in [9.17, 15) is 4.39 Å². The number of benzene rings is 1. The van der Waals surface area contributed by atoms with Gasteiger partial charge in [0.25, 0.3) is 0 Å². The Morgan fingerprint density at radius 1 is 1.20 bits per heavy atom. The van der Waals surface area contributed by atoms with E-state index in [2.05, 4.69) is 6.92 Å². The molecule has 1 rings (SSSR count). The maximum absolute atomic E-state index is 13.8. The maximum atomic E-state index is 13.8. The zero-order chi connectivity index (χ0) is 14.8. The van der Waals surface area contributed by atoms with Crippen molar-refractivity contribution >= 4 is 0 Å². The molecule has 0 bridgehead atoms. The van der Waals surface area contributed by atoms with Crippen molar-refractivity contribution in [2.45, 2.75) is 45.6 Å². The van der Waals surface area contributed by atoms with Crippen LogP contribution < -0.4 is 10.5 Å². The zero-order valence-electron chi connectivity index (χ0n) is 12.5. The Labute approximate surface area is 121 Å². The highest BCUT2D eigenvalue weighted by Gasteiger charge is 2.12. The van der Waals surface area contributed by atoms with Crippen molar-refractivity contribution < 1.29 is 13.9 Å². The summed E-state index contributed by atoms with van der Waals surface area (Å²) in [6.45, 7) is 5.70. The highest BCUT2D eigenvalue weighted by atomic mass is 19.1. The van der Waals surface area contributed by atoms with Crippen LogP contribution in [0.4, 0.5) is 4.39 Å². The third kappa shape index (κ3) is 5.88. The van der Waals surface area contributed by atoms with Crippen LogP contribution in [0.3, 0.4) is 0 Å². The van der Waals surface area contributed by atoms with Gasteiger partial charge in [-0.25, -0.2) is 4.39 Å². The molecule has 0 aliphatic rings. The summed E-state index contributed by atoms with van der Waals surface area (Å²) >= 11 is 0. The van der Waals surface area contributed by atoms with E-state index in [1.807, 2.05) is 13.0 Å². The number of hydrogen-bond acceptors (Lipinski definition) is 3. The van der Waals surface area contributed by atoms with Gasteiger partial charge in [-0.2, -0.15) is 0 Å². The smallest absolute Gasteiger partial charge is 0.165 e. The minimum atomic E-state index is -0.334. The molecule has 1 atom stereocenters. The molecule has 0 aromatic heterocycles. The third-order valence-corrected chi connectivity index (χ3v) is 3.17. The third-order valence-electron chi connectivity index (χ3n) is 3.17. The van der Waals surface area contributed by atoms with Gasteiger partial charge in [0, 0.05) is 12.6 Å². The molecule has 0 saturated heterocycles. The summed E-state index contributed by atoms with van der Waals surface area (Å²) in [6, 6.07) is 5.00. The number of halogens is 1. The van der Waals surface area contributed by atoms with E-state index in [0.717, 1.165) is 31.4 Å². The number of unbranched alkanes of at least 4 members (excludes halogenated alkanes) is 1. The van der Waals surface area contributed by atoms with Gasteiger partial charge >= 0.3 is 0 Å². The van der Waals surface area contributed by atoms with Gasteiger partial charge in [0.15, 0.2) is 11.6 Å². The van der Waals surface area contributed by atoms with Crippen molar-refractivity contribution in [3.05, 3.63) is 29.6 Å². The molecule has 4 heteroatoms. The Kier molecular flexibility index (Phi) is 8.23. The molecule has 20 heavy (non-hydrogen) atoms. The summed E-state index contributed by atoms with van der Waals surface area (Å²) in [4.78, 5) is 0. The SMILES string of the molecule is CCCCOCCOc1c(F)cccc1CC(N)CC. The predicted octanol–water partition coefficient (Wildman–Crippen LogP) is 3.30. The lowest BCUT2D eigenvalue weighted by Gasteiger charge is -2.15. The number of rotatable bonds is 10. The van der Waals surface area contributed by atoms with E-state index in [0.29, 0.717) is 25.4 Å². The fourth-order valence-electron chi connectivity index (χ4n) is 1.85. The van der Waals surface area contributed by atoms with Crippen LogP contribution in [-0.2, 0) is 11.2 Å². The molecule has 1 aromatic rings. The Bertz CT molecular complexity index is 385. The zero-order valence-corrected chi connectivity index (χ0v) is 12.5. The van der Waals surface area contributed by atoms with E-state index in [-0.39, 0.29) is 11.9 Å². The van der Waals surface area contributed by atoms with E-state index in [4.69, 9.17) is 15.2 Å². The molecule has 1 unspecified atom stereocenters. The molecule has 114 valence electrons. The van der Waals surface area contributed by atoms with Gasteiger partial charge in [0.05, 0.1) is 6.61 Å². The molecule has 0 heterocycles. The molecule has 1 aromatic carbocycles. The summed E-state index contributed by atoms with van der Waals surface area (Å²) in [5.74, 6) is -0.0187. The Balaban J connectivity index is 2.50. The van der Waals surface area contributed by atoms with E-state index in [1.165, 1.54) is 6.07 Å². The van der Waals surface area contributed by atoms with Crippen LogP contribution in [0.5, 0.6) is 5.75 Å². The van der Waals surface area contributed by atoms with Gasteiger partial charge in [-0.15, -0.1) is 0 Å². The molecule has 0 fully saturated rings. The average molecular weight is 283 g/mol. The van der Waals surface area contributed by atoms with Crippen molar-refractivity contribution in [1.82, 2.24) is 0 Å². The van der Waals surface area contributed by atoms with Gasteiger partial charge < -0.3 is 15.2 Å². The molecule has 0 aliphatic carbocycles. The minimum Gasteiger partial charge on any atom is -0.488 e. The monoisotopic (exact) mass is 283 g/mol. The fraction of sp³-hybridized carbons (Fsp3) is 0.625. The maximum Gasteiger partial charge on any atom is 0.165 e. The number of para-hydroxylation sites is 1. The molecule has 0 spiro atoms. The van der Waals surface area contributed by atoms with Crippen LogP contribution in [0, 0.1) is 5.82 Å². The quantitative estimate of drug-likeness (QED) is 0.670.